The summed E-state index contributed by atoms with van der Waals surface area (Å²) in [5.74, 6) is 1.54. The number of hydrogen-bond acceptors (Lipinski definition) is 4. The lowest BCUT2D eigenvalue weighted by Gasteiger charge is -2.13. The second-order valence-electron chi connectivity index (χ2n) is 4.41. The maximum Gasteiger partial charge on any atom is 0.302 e. The number of rotatable bonds is 4. The molecule has 0 fully saturated rings. The van der Waals surface area contributed by atoms with Crippen LogP contribution in [-0.2, 0) is 16.0 Å². The Kier molecular flexibility index (Phi) is 4.11. The minimum atomic E-state index is -0.244. The molecule has 1 atom stereocenters. The van der Waals surface area contributed by atoms with Gasteiger partial charge in [-0.2, -0.15) is 0 Å². The lowest BCUT2D eigenvalue weighted by molar-refractivity contribution is -0.142. The van der Waals surface area contributed by atoms with Crippen molar-refractivity contribution in [1.29, 1.82) is 0 Å². The molecular weight excluding hydrogens is 300 g/mol. The highest BCUT2D eigenvalue weighted by molar-refractivity contribution is 9.10. The molecule has 0 saturated heterocycles. The van der Waals surface area contributed by atoms with Crippen molar-refractivity contribution in [2.75, 3.05) is 13.4 Å². The van der Waals surface area contributed by atoms with Crippen molar-refractivity contribution in [2.45, 2.75) is 20.3 Å². The number of carbonyl (C=O) groups is 1. The van der Waals surface area contributed by atoms with Gasteiger partial charge in [-0.25, -0.2) is 0 Å². The Morgan fingerprint density at radius 2 is 2.11 bits per heavy atom. The first-order valence-corrected chi connectivity index (χ1v) is 6.57. The van der Waals surface area contributed by atoms with E-state index in [-0.39, 0.29) is 18.7 Å². The zero-order valence-corrected chi connectivity index (χ0v) is 12.0. The largest absolute Gasteiger partial charge is 0.466 e. The number of fused-ring (bicyclic) bond motifs is 1. The lowest BCUT2D eigenvalue weighted by Crippen LogP contribution is -2.11. The van der Waals surface area contributed by atoms with Crippen LogP contribution in [0.25, 0.3) is 0 Å². The van der Waals surface area contributed by atoms with Crippen molar-refractivity contribution in [3.63, 3.8) is 0 Å². The first-order chi connectivity index (χ1) is 8.56. The molecule has 0 saturated carbocycles. The van der Waals surface area contributed by atoms with E-state index in [1.807, 2.05) is 19.1 Å². The van der Waals surface area contributed by atoms with Crippen molar-refractivity contribution in [3.8, 4) is 11.5 Å². The van der Waals surface area contributed by atoms with E-state index in [0.717, 1.165) is 28.0 Å². The van der Waals surface area contributed by atoms with Crippen LogP contribution < -0.4 is 9.47 Å². The molecule has 1 aliphatic rings. The third-order valence-electron chi connectivity index (χ3n) is 2.68. The highest BCUT2D eigenvalue weighted by atomic mass is 79.9. The zero-order chi connectivity index (χ0) is 13.1. The van der Waals surface area contributed by atoms with Crippen LogP contribution >= 0.6 is 15.9 Å². The number of carbonyl (C=O) groups excluding carboxylic acids is 1. The van der Waals surface area contributed by atoms with Crippen LogP contribution in [0.1, 0.15) is 19.4 Å². The fourth-order valence-electron chi connectivity index (χ4n) is 1.81. The molecule has 1 heterocycles. The van der Waals surface area contributed by atoms with Crippen LogP contribution in [0.3, 0.4) is 0 Å². The zero-order valence-electron chi connectivity index (χ0n) is 10.4. The molecule has 5 heteroatoms. The summed E-state index contributed by atoms with van der Waals surface area (Å²) < 4.78 is 16.6. The van der Waals surface area contributed by atoms with Crippen LogP contribution in [0.2, 0.25) is 0 Å². The normalized spacial score (nSPS) is 14.4. The molecule has 1 aromatic rings. The Bertz CT molecular complexity index is 459. The van der Waals surface area contributed by atoms with E-state index >= 15 is 0 Å². The topological polar surface area (TPSA) is 44.8 Å². The Labute approximate surface area is 114 Å². The summed E-state index contributed by atoms with van der Waals surface area (Å²) in [6, 6.07) is 3.88. The van der Waals surface area contributed by atoms with Crippen LogP contribution in [0.4, 0.5) is 0 Å². The summed E-state index contributed by atoms with van der Waals surface area (Å²) >= 11 is 3.52. The molecule has 0 amide bonds. The van der Waals surface area contributed by atoms with Gasteiger partial charge in [-0.3, -0.25) is 4.79 Å². The molecule has 0 spiro atoms. The molecule has 0 unspecified atom stereocenters. The number of ether oxygens (including phenoxy) is 3. The molecular formula is C13H15BrO4. The minimum Gasteiger partial charge on any atom is -0.466 e. The summed E-state index contributed by atoms with van der Waals surface area (Å²) in [5.41, 5.74) is 1.12. The smallest absolute Gasteiger partial charge is 0.302 e. The van der Waals surface area contributed by atoms with Gasteiger partial charge in [0.25, 0.3) is 0 Å². The van der Waals surface area contributed by atoms with Crippen molar-refractivity contribution < 1.29 is 19.0 Å². The summed E-state index contributed by atoms with van der Waals surface area (Å²) in [5, 5.41) is 0. The Morgan fingerprint density at radius 1 is 1.44 bits per heavy atom. The average Bonchev–Trinajstić information content (AvgIpc) is 2.74. The van der Waals surface area contributed by atoms with E-state index in [1.165, 1.54) is 6.92 Å². The highest BCUT2D eigenvalue weighted by Gasteiger charge is 2.17. The summed E-state index contributed by atoms with van der Waals surface area (Å²) in [4.78, 5) is 10.8. The Morgan fingerprint density at radius 3 is 2.78 bits per heavy atom. The molecule has 2 rings (SSSR count). The fourth-order valence-corrected chi connectivity index (χ4v) is 2.29. The first kappa shape index (κ1) is 13.2. The van der Waals surface area contributed by atoms with Gasteiger partial charge in [0.05, 0.1) is 6.61 Å². The van der Waals surface area contributed by atoms with E-state index in [4.69, 9.17) is 14.2 Å². The SMILES string of the molecule is CC(=O)OC[C@@H](C)Cc1cc2c(cc1Br)OCO2. The van der Waals surface area contributed by atoms with E-state index in [9.17, 15) is 4.79 Å². The van der Waals surface area contributed by atoms with Gasteiger partial charge < -0.3 is 14.2 Å². The Balaban J connectivity index is 2.03. The molecule has 0 N–H and O–H groups in total. The highest BCUT2D eigenvalue weighted by Crippen LogP contribution is 2.37. The quantitative estimate of drug-likeness (QED) is 0.802. The van der Waals surface area contributed by atoms with Gasteiger partial charge in [-0.15, -0.1) is 0 Å². The molecule has 1 aromatic carbocycles. The molecule has 0 bridgehead atoms. The van der Waals surface area contributed by atoms with Crippen molar-refractivity contribution in [3.05, 3.63) is 22.2 Å². The van der Waals surface area contributed by atoms with E-state index in [0.29, 0.717) is 6.61 Å². The van der Waals surface area contributed by atoms with E-state index in [2.05, 4.69) is 15.9 Å². The van der Waals surface area contributed by atoms with Crippen molar-refractivity contribution in [2.24, 2.45) is 5.92 Å². The van der Waals surface area contributed by atoms with Gasteiger partial charge in [0.1, 0.15) is 0 Å². The van der Waals surface area contributed by atoms with Crippen molar-refractivity contribution in [1.82, 2.24) is 0 Å². The van der Waals surface area contributed by atoms with Gasteiger partial charge in [-0.05, 0) is 30.0 Å². The summed E-state index contributed by atoms with van der Waals surface area (Å²) in [6.45, 7) is 4.16. The number of halogens is 1. The predicted octanol–water partition coefficient (Wildman–Crippen LogP) is 2.92. The van der Waals surface area contributed by atoms with Gasteiger partial charge in [-0.1, -0.05) is 22.9 Å². The third kappa shape index (κ3) is 3.16. The lowest BCUT2D eigenvalue weighted by atomic mass is 10.0. The predicted molar refractivity (Wildman–Crippen MR) is 69.8 cm³/mol. The molecule has 4 nitrogen and oxygen atoms in total. The molecule has 1 aliphatic heterocycles. The molecule has 98 valence electrons. The average molecular weight is 315 g/mol. The monoisotopic (exact) mass is 314 g/mol. The summed E-state index contributed by atoms with van der Waals surface area (Å²) in [6.07, 6.45) is 0.810. The third-order valence-corrected chi connectivity index (χ3v) is 3.42. The summed E-state index contributed by atoms with van der Waals surface area (Å²) in [7, 11) is 0. The number of esters is 1. The Hall–Kier alpha value is -1.23. The fraction of sp³-hybridized carbons (Fsp3) is 0.462. The van der Waals surface area contributed by atoms with E-state index < -0.39 is 0 Å². The molecule has 0 radical (unpaired) electrons. The van der Waals surface area contributed by atoms with Gasteiger partial charge >= 0.3 is 5.97 Å². The maximum atomic E-state index is 10.8. The minimum absolute atomic E-state index is 0.244. The standard InChI is InChI=1S/C13H15BrO4/c1-8(6-16-9(2)15)3-10-4-12-13(5-11(10)14)18-7-17-12/h4-5,8H,3,6-7H2,1-2H3/t8-/m0/s1. The van der Waals surface area contributed by atoms with E-state index in [1.54, 1.807) is 0 Å². The number of hydrogen-bond donors (Lipinski definition) is 0. The van der Waals surface area contributed by atoms with Crippen LogP contribution in [0.5, 0.6) is 11.5 Å². The maximum absolute atomic E-state index is 10.8. The van der Waals surface area contributed by atoms with Crippen LogP contribution in [-0.4, -0.2) is 19.4 Å². The molecule has 0 aromatic heterocycles. The number of benzene rings is 1. The molecule has 0 aliphatic carbocycles. The second-order valence-corrected chi connectivity index (χ2v) is 5.26. The van der Waals surface area contributed by atoms with Crippen molar-refractivity contribution >= 4 is 21.9 Å². The van der Waals surface area contributed by atoms with Gasteiger partial charge in [0.15, 0.2) is 11.5 Å². The van der Waals surface area contributed by atoms with Crippen LogP contribution in [0.15, 0.2) is 16.6 Å². The van der Waals surface area contributed by atoms with Gasteiger partial charge in [0.2, 0.25) is 6.79 Å². The molecule has 18 heavy (non-hydrogen) atoms. The van der Waals surface area contributed by atoms with Crippen LogP contribution in [0, 0.1) is 5.92 Å². The second kappa shape index (κ2) is 5.61. The first-order valence-electron chi connectivity index (χ1n) is 5.77. The van der Waals surface area contributed by atoms with Gasteiger partial charge in [0, 0.05) is 11.4 Å².